The molecule has 12 heteroatoms. The van der Waals surface area contributed by atoms with Crippen LogP contribution in [0.5, 0.6) is 0 Å². The molecular formula is C37H60N8O4. The molecule has 12 nitrogen and oxygen atoms in total. The molecule has 2 heterocycles. The minimum atomic E-state index is -0.492. The predicted molar refractivity (Wildman–Crippen MR) is 198 cm³/mol. The van der Waals surface area contributed by atoms with Gasteiger partial charge in [-0.3, -0.25) is 9.59 Å². The van der Waals surface area contributed by atoms with E-state index in [1.165, 1.54) is 5.56 Å². The molecule has 0 saturated carbocycles. The van der Waals surface area contributed by atoms with Crippen LogP contribution in [0.25, 0.3) is 0 Å². The predicted octanol–water partition coefficient (Wildman–Crippen LogP) is 3.09. The molecule has 49 heavy (non-hydrogen) atoms. The molecule has 0 spiro atoms. The molecule has 2 aromatic rings. The van der Waals surface area contributed by atoms with Crippen molar-refractivity contribution in [2.75, 3.05) is 103 Å². The molecule has 0 atom stereocenters. The van der Waals surface area contributed by atoms with E-state index in [-0.39, 0.29) is 11.8 Å². The number of amides is 3. The van der Waals surface area contributed by atoms with Crippen LogP contribution in [0, 0.1) is 0 Å². The summed E-state index contributed by atoms with van der Waals surface area (Å²) in [4.78, 5) is 45.1. The van der Waals surface area contributed by atoms with E-state index in [4.69, 9.17) is 10.5 Å². The quantitative estimate of drug-likeness (QED) is 0.252. The molecule has 0 unspecified atom stereocenters. The van der Waals surface area contributed by atoms with Gasteiger partial charge in [0.25, 0.3) is 0 Å². The molecule has 0 aromatic heterocycles. The van der Waals surface area contributed by atoms with Crippen molar-refractivity contribution in [2.45, 2.75) is 52.1 Å². The fourth-order valence-corrected chi connectivity index (χ4v) is 5.41. The van der Waals surface area contributed by atoms with Crippen LogP contribution in [0.3, 0.4) is 0 Å². The van der Waals surface area contributed by atoms with E-state index < -0.39 is 11.7 Å². The molecular weight excluding hydrogens is 620 g/mol. The number of nitrogens with zero attached hydrogens (tertiary/aromatic N) is 4. The van der Waals surface area contributed by atoms with Gasteiger partial charge in [0.05, 0.1) is 0 Å². The number of rotatable bonds is 13. The molecule has 0 bridgehead atoms. The number of anilines is 2. The molecule has 2 aromatic carbocycles. The summed E-state index contributed by atoms with van der Waals surface area (Å²) in [5, 5.41) is 8.65. The zero-order chi connectivity index (χ0) is 35.6. The van der Waals surface area contributed by atoms with Gasteiger partial charge in [0, 0.05) is 96.2 Å². The second-order valence-electron chi connectivity index (χ2n) is 14.0. The first-order valence-electron chi connectivity index (χ1n) is 17.6. The lowest BCUT2D eigenvalue weighted by atomic mass is 10.1. The van der Waals surface area contributed by atoms with E-state index in [9.17, 15) is 14.4 Å². The Hall–Kier alpha value is -3.55. The summed E-state index contributed by atoms with van der Waals surface area (Å²) in [7, 11) is 4.26. The molecule has 2 fully saturated rings. The molecule has 272 valence electrons. The smallest absolute Gasteiger partial charge is 0.407 e. The Morgan fingerprint density at radius 2 is 1.08 bits per heavy atom. The minimum Gasteiger partial charge on any atom is -0.444 e. The molecule has 4 rings (SSSR count). The van der Waals surface area contributed by atoms with Crippen LogP contribution in [0.15, 0.2) is 48.5 Å². The summed E-state index contributed by atoms with van der Waals surface area (Å²) >= 11 is 0. The molecule has 2 aliphatic heterocycles. The molecule has 5 N–H and O–H groups in total. The Bertz CT molecular complexity index is 1270. The maximum absolute atomic E-state index is 12.2. The van der Waals surface area contributed by atoms with Gasteiger partial charge in [0.2, 0.25) is 11.8 Å². The molecule has 0 aliphatic carbocycles. The number of alkyl carbamates (subject to hydrolysis) is 1. The van der Waals surface area contributed by atoms with Gasteiger partial charge >= 0.3 is 6.09 Å². The monoisotopic (exact) mass is 680 g/mol. The highest BCUT2D eigenvalue weighted by Crippen LogP contribution is 2.12. The molecule has 2 aliphatic rings. The van der Waals surface area contributed by atoms with Crippen LogP contribution < -0.4 is 21.7 Å². The van der Waals surface area contributed by atoms with Crippen molar-refractivity contribution >= 4 is 29.3 Å². The van der Waals surface area contributed by atoms with E-state index in [0.717, 1.165) is 88.8 Å². The van der Waals surface area contributed by atoms with Crippen molar-refractivity contribution in [1.82, 2.24) is 24.9 Å². The summed E-state index contributed by atoms with van der Waals surface area (Å²) in [5.74, 6) is 0.124. The van der Waals surface area contributed by atoms with Crippen LogP contribution in [0.4, 0.5) is 16.2 Å². The summed E-state index contributed by atoms with van der Waals surface area (Å²) in [5.41, 5.74) is 8.98. The second kappa shape index (κ2) is 20.8. The first-order chi connectivity index (χ1) is 23.4. The number of ether oxygens (including phenoxy) is 1. The topological polar surface area (TPSA) is 136 Å². The van der Waals surface area contributed by atoms with Gasteiger partial charge in [0.1, 0.15) is 5.60 Å². The lowest BCUT2D eigenvalue weighted by Gasteiger charge is -2.32. The largest absolute Gasteiger partial charge is 0.444 e. The lowest BCUT2D eigenvalue weighted by Crippen LogP contribution is -2.45. The van der Waals surface area contributed by atoms with E-state index >= 15 is 0 Å². The number of nitrogens with one attached hydrogen (secondary N) is 3. The van der Waals surface area contributed by atoms with Crippen molar-refractivity contribution in [2.24, 2.45) is 5.73 Å². The number of piperazine rings is 2. The molecule has 3 amide bonds. The van der Waals surface area contributed by atoms with Gasteiger partial charge in [-0.15, -0.1) is 0 Å². The van der Waals surface area contributed by atoms with Crippen molar-refractivity contribution in [3.05, 3.63) is 59.7 Å². The van der Waals surface area contributed by atoms with Crippen molar-refractivity contribution in [3.63, 3.8) is 0 Å². The van der Waals surface area contributed by atoms with Gasteiger partial charge in [0.15, 0.2) is 0 Å². The number of likely N-dealkylation sites (N-methyl/N-ethyl adjacent to an activating group) is 2. The Morgan fingerprint density at radius 1 is 0.673 bits per heavy atom. The Morgan fingerprint density at radius 3 is 1.47 bits per heavy atom. The summed E-state index contributed by atoms with van der Waals surface area (Å²) in [6.07, 6.45) is 2.23. The Labute approximate surface area is 293 Å². The highest BCUT2D eigenvalue weighted by molar-refractivity contribution is 5.91. The lowest BCUT2D eigenvalue weighted by molar-refractivity contribution is -0.117. The Kier molecular flexibility index (Phi) is 17.0. The molecule has 0 radical (unpaired) electrons. The van der Waals surface area contributed by atoms with E-state index in [0.29, 0.717) is 32.4 Å². The van der Waals surface area contributed by atoms with Crippen LogP contribution in [-0.2, 0) is 27.2 Å². The summed E-state index contributed by atoms with van der Waals surface area (Å²) in [6, 6.07) is 15.6. The maximum Gasteiger partial charge on any atom is 0.407 e. The number of hydrogen-bond acceptors (Lipinski definition) is 9. The SMILES string of the molecule is CN1CCN(CCC(=O)Nc2ccc(CCN)cc2)CC1.CN1CCN(CCC(=O)Nc2ccc(CCNC(=O)OC(C)(C)C)cc2)CC1. The third-order valence-corrected chi connectivity index (χ3v) is 8.49. The average Bonchev–Trinajstić information content (AvgIpc) is 3.06. The number of benzene rings is 2. The standard InChI is InChI=1S/C21H34N4O3.C16H26N4O/c1-21(2,3)28-20(27)22-11-9-17-5-7-18(8-6-17)23-19(26)10-12-25-15-13-24(4)14-16-25;1-19-10-12-20(13-11-19)9-7-16(21)18-15-4-2-14(3-5-15)6-8-17/h5-8H,9-16H2,1-4H3,(H,22,27)(H,23,26);2-5H,6-13,17H2,1H3,(H,18,21). The number of nitrogens with two attached hydrogens (primary N) is 1. The van der Waals surface area contributed by atoms with Crippen LogP contribution in [-0.4, -0.2) is 136 Å². The number of hydrogen-bond donors (Lipinski definition) is 4. The maximum atomic E-state index is 12.2. The van der Waals surface area contributed by atoms with E-state index in [1.807, 2.05) is 69.3 Å². The highest BCUT2D eigenvalue weighted by atomic mass is 16.6. The second-order valence-corrected chi connectivity index (χ2v) is 14.0. The van der Waals surface area contributed by atoms with Crippen molar-refractivity contribution < 1.29 is 19.1 Å². The van der Waals surface area contributed by atoms with Gasteiger partial charge in [-0.05, 0) is 89.6 Å². The van der Waals surface area contributed by atoms with Crippen LogP contribution in [0.1, 0.15) is 44.7 Å². The number of carbonyl (C=O) groups is 3. The fraction of sp³-hybridized carbons (Fsp3) is 0.595. The minimum absolute atomic E-state index is 0.0401. The van der Waals surface area contributed by atoms with Gasteiger partial charge in [-0.1, -0.05) is 24.3 Å². The van der Waals surface area contributed by atoms with Crippen LogP contribution >= 0.6 is 0 Å². The highest BCUT2D eigenvalue weighted by Gasteiger charge is 2.17. The summed E-state index contributed by atoms with van der Waals surface area (Å²) < 4.78 is 5.21. The first-order valence-corrected chi connectivity index (χ1v) is 17.6. The average molecular weight is 681 g/mol. The first kappa shape index (κ1) is 39.9. The third kappa shape index (κ3) is 17.1. The third-order valence-electron chi connectivity index (χ3n) is 8.49. The molecule has 2 saturated heterocycles. The Balaban J connectivity index is 0.000000276. The normalized spacial score (nSPS) is 16.3. The summed E-state index contributed by atoms with van der Waals surface area (Å²) in [6.45, 7) is 16.8. The van der Waals surface area contributed by atoms with E-state index in [2.05, 4.69) is 49.6 Å². The fourth-order valence-electron chi connectivity index (χ4n) is 5.41. The van der Waals surface area contributed by atoms with Gasteiger partial charge in [-0.25, -0.2) is 4.79 Å². The van der Waals surface area contributed by atoms with Crippen molar-refractivity contribution in [3.8, 4) is 0 Å². The van der Waals surface area contributed by atoms with Gasteiger partial charge in [-0.2, -0.15) is 0 Å². The van der Waals surface area contributed by atoms with Crippen molar-refractivity contribution in [1.29, 1.82) is 0 Å². The number of carbonyl (C=O) groups excluding carboxylic acids is 3. The zero-order valence-corrected chi connectivity index (χ0v) is 30.4. The zero-order valence-electron chi connectivity index (χ0n) is 30.4. The van der Waals surface area contributed by atoms with E-state index in [1.54, 1.807) is 0 Å². The van der Waals surface area contributed by atoms with Gasteiger partial charge < -0.3 is 46.0 Å². The van der Waals surface area contributed by atoms with Crippen LogP contribution in [0.2, 0.25) is 0 Å².